The summed E-state index contributed by atoms with van der Waals surface area (Å²) in [5.74, 6) is 0. The van der Waals surface area contributed by atoms with Crippen LogP contribution in [0.5, 0.6) is 0 Å². The van der Waals surface area contributed by atoms with Gasteiger partial charge < -0.3 is 10.1 Å². The van der Waals surface area contributed by atoms with Crippen molar-refractivity contribution in [3.63, 3.8) is 0 Å². The van der Waals surface area contributed by atoms with Crippen LogP contribution in [-0.2, 0) is 11.2 Å². The first-order valence-electron chi connectivity index (χ1n) is 6.80. The average molecular weight is 355 g/mol. The van der Waals surface area contributed by atoms with Gasteiger partial charge in [-0.05, 0) is 55.6 Å². The molecule has 2 aromatic heterocycles. The largest absolute Gasteiger partial charge is 0.444 e. The van der Waals surface area contributed by atoms with Crippen LogP contribution in [0.4, 0.5) is 4.79 Å². The molecule has 0 unspecified atom stereocenters. The van der Waals surface area contributed by atoms with Crippen LogP contribution in [0.15, 0.2) is 16.7 Å². The number of hydrogen-bond donors (Lipinski definition) is 2. The van der Waals surface area contributed by atoms with Gasteiger partial charge in [0.05, 0.1) is 0 Å². The van der Waals surface area contributed by atoms with Gasteiger partial charge in [0.2, 0.25) is 0 Å². The van der Waals surface area contributed by atoms with E-state index in [0.717, 1.165) is 28.4 Å². The number of hydrogen-bond acceptors (Lipinski definition) is 4. The van der Waals surface area contributed by atoms with Crippen LogP contribution < -0.4 is 5.32 Å². The number of H-pyrrole nitrogens is 1. The zero-order valence-corrected chi connectivity index (χ0v) is 14.0. The number of amides is 1. The summed E-state index contributed by atoms with van der Waals surface area (Å²) in [7, 11) is 0. The molecule has 0 saturated carbocycles. The summed E-state index contributed by atoms with van der Waals surface area (Å²) in [6.45, 7) is 6.08. The number of ether oxygens (including phenoxy) is 1. The predicted octanol–water partition coefficient (Wildman–Crippen LogP) is 3.18. The Morgan fingerprint density at radius 2 is 2.24 bits per heavy atom. The van der Waals surface area contributed by atoms with E-state index < -0.39 is 5.60 Å². The summed E-state index contributed by atoms with van der Waals surface area (Å²) in [5.41, 5.74) is 1.25. The topological polar surface area (TPSA) is 79.9 Å². The summed E-state index contributed by atoms with van der Waals surface area (Å²) in [4.78, 5) is 15.7. The van der Waals surface area contributed by atoms with Crippen molar-refractivity contribution in [3.8, 4) is 0 Å². The van der Waals surface area contributed by atoms with Gasteiger partial charge in [-0.3, -0.25) is 5.10 Å². The molecule has 0 saturated heterocycles. The van der Waals surface area contributed by atoms with Gasteiger partial charge in [0, 0.05) is 28.3 Å². The Labute approximate surface area is 131 Å². The van der Waals surface area contributed by atoms with Crippen LogP contribution in [-0.4, -0.2) is 33.4 Å². The highest BCUT2D eigenvalue weighted by atomic mass is 79.9. The lowest BCUT2D eigenvalue weighted by molar-refractivity contribution is 0.0527. The molecule has 0 bridgehead atoms. The fraction of sp³-hybridized carbons (Fsp3) is 0.500. The fourth-order valence-corrected chi connectivity index (χ4v) is 2.22. The minimum Gasteiger partial charge on any atom is -0.444 e. The number of nitrogens with one attached hydrogen (secondary N) is 2. The third kappa shape index (κ3) is 4.70. The molecule has 1 amide bonds. The quantitative estimate of drug-likeness (QED) is 0.826. The van der Waals surface area contributed by atoms with E-state index in [1.807, 2.05) is 26.8 Å². The Kier molecular flexibility index (Phi) is 4.82. The Balaban J connectivity index is 1.83. The average Bonchev–Trinajstić information content (AvgIpc) is 2.75. The van der Waals surface area contributed by atoms with Crippen molar-refractivity contribution in [2.45, 2.75) is 39.2 Å². The van der Waals surface area contributed by atoms with Crippen LogP contribution in [0.2, 0.25) is 0 Å². The Bertz CT molecular complexity index is 633. The van der Waals surface area contributed by atoms with Crippen LogP contribution in [0.1, 0.15) is 32.9 Å². The van der Waals surface area contributed by atoms with Gasteiger partial charge in [0.1, 0.15) is 5.60 Å². The number of nitrogens with zero attached hydrogens (tertiary/aromatic N) is 2. The molecule has 114 valence electrons. The summed E-state index contributed by atoms with van der Waals surface area (Å²) < 4.78 is 6.10. The normalized spacial score (nSPS) is 11.6. The SMILES string of the molecule is CC(C)(C)OC(=O)NCCCc1[nH]nc2ncc(Br)cc12. The van der Waals surface area contributed by atoms with Gasteiger partial charge in [0.15, 0.2) is 5.65 Å². The second-order valence-corrected chi connectivity index (χ2v) is 6.67. The zero-order chi connectivity index (χ0) is 15.5. The zero-order valence-electron chi connectivity index (χ0n) is 12.4. The highest BCUT2D eigenvalue weighted by Gasteiger charge is 2.15. The van der Waals surface area contributed by atoms with Gasteiger partial charge >= 0.3 is 6.09 Å². The molecule has 7 heteroatoms. The first kappa shape index (κ1) is 15.8. The molecule has 2 rings (SSSR count). The monoisotopic (exact) mass is 354 g/mol. The molecular formula is C14H19BrN4O2. The number of aryl methyl sites for hydroxylation is 1. The van der Waals surface area contributed by atoms with Crippen LogP contribution in [0.3, 0.4) is 0 Å². The van der Waals surface area contributed by atoms with Gasteiger partial charge in [-0.1, -0.05) is 0 Å². The number of alkyl carbamates (subject to hydrolysis) is 1. The minimum atomic E-state index is -0.471. The van der Waals surface area contributed by atoms with Gasteiger partial charge in [-0.15, -0.1) is 0 Å². The molecule has 0 fully saturated rings. The number of carbonyl (C=O) groups excluding carboxylic acids is 1. The lowest BCUT2D eigenvalue weighted by Crippen LogP contribution is -2.33. The van der Waals surface area contributed by atoms with E-state index in [4.69, 9.17) is 4.74 Å². The maximum Gasteiger partial charge on any atom is 0.407 e. The second-order valence-electron chi connectivity index (χ2n) is 5.76. The second kappa shape index (κ2) is 6.43. The Hall–Kier alpha value is -1.63. The molecule has 2 heterocycles. The Morgan fingerprint density at radius 1 is 1.48 bits per heavy atom. The summed E-state index contributed by atoms with van der Waals surface area (Å²) in [5, 5.41) is 10.9. The summed E-state index contributed by atoms with van der Waals surface area (Å²) >= 11 is 3.40. The van der Waals surface area contributed by atoms with E-state index in [2.05, 4.69) is 36.4 Å². The molecule has 0 atom stereocenters. The van der Waals surface area contributed by atoms with Crippen molar-refractivity contribution >= 4 is 33.1 Å². The standard InChI is InChI=1S/C14H19BrN4O2/c1-14(2,3)21-13(20)16-6-4-5-11-10-7-9(15)8-17-12(10)19-18-11/h7-8H,4-6H2,1-3H3,(H,16,20)(H,17,18,19). The van der Waals surface area contributed by atoms with Crippen molar-refractivity contribution < 1.29 is 9.53 Å². The van der Waals surface area contributed by atoms with Crippen molar-refractivity contribution in [2.75, 3.05) is 6.54 Å². The molecule has 0 spiro atoms. The molecule has 2 aromatic rings. The fourth-order valence-electron chi connectivity index (χ4n) is 1.88. The summed E-state index contributed by atoms with van der Waals surface area (Å²) in [6, 6.07) is 1.99. The molecule has 0 radical (unpaired) electrons. The first-order chi connectivity index (χ1) is 9.85. The number of aromatic nitrogens is 3. The molecule has 0 aliphatic heterocycles. The maximum absolute atomic E-state index is 11.5. The first-order valence-corrected chi connectivity index (χ1v) is 7.60. The highest BCUT2D eigenvalue weighted by molar-refractivity contribution is 9.10. The molecule has 0 aromatic carbocycles. The number of halogens is 1. The Morgan fingerprint density at radius 3 is 2.95 bits per heavy atom. The maximum atomic E-state index is 11.5. The lowest BCUT2D eigenvalue weighted by Gasteiger charge is -2.19. The van der Waals surface area contributed by atoms with Crippen molar-refractivity contribution in [2.24, 2.45) is 0 Å². The number of fused-ring (bicyclic) bond motifs is 1. The lowest BCUT2D eigenvalue weighted by atomic mass is 10.2. The molecule has 2 N–H and O–H groups in total. The van der Waals surface area contributed by atoms with Crippen LogP contribution >= 0.6 is 15.9 Å². The molecule has 6 nitrogen and oxygen atoms in total. The van der Waals surface area contributed by atoms with Gasteiger partial charge in [-0.2, -0.15) is 5.10 Å². The van der Waals surface area contributed by atoms with Gasteiger partial charge in [0.25, 0.3) is 0 Å². The smallest absolute Gasteiger partial charge is 0.407 e. The number of rotatable bonds is 4. The summed E-state index contributed by atoms with van der Waals surface area (Å²) in [6.07, 6.45) is 2.91. The molecule has 0 aliphatic rings. The van der Waals surface area contributed by atoms with Crippen LogP contribution in [0.25, 0.3) is 11.0 Å². The van der Waals surface area contributed by atoms with E-state index >= 15 is 0 Å². The molecular weight excluding hydrogens is 336 g/mol. The van der Waals surface area contributed by atoms with E-state index in [1.165, 1.54) is 0 Å². The predicted molar refractivity (Wildman–Crippen MR) is 84.1 cm³/mol. The number of carbonyl (C=O) groups is 1. The van der Waals surface area contributed by atoms with Crippen molar-refractivity contribution in [3.05, 3.63) is 22.4 Å². The number of pyridine rings is 1. The molecule has 21 heavy (non-hydrogen) atoms. The minimum absolute atomic E-state index is 0.388. The van der Waals surface area contributed by atoms with Crippen molar-refractivity contribution in [1.29, 1.82) is 0 Å². The highest BCUT2D eigenvalue weighted by Crippen LogP contribution is 2.19. The number of aromatic amines is 1. The van der Waals surface area contributed by atoms with E-state index in [9.17, 15) is 4.79 Å². The molecule has 0 aliphatic carbocycles. The van der Waals surface area contributed by atoms with Gasteiger partial charge in [-0.25, -0.2) is 9.78 Å². The van der Waals surface area contributed by atoms with Crippen molar-refractivity contribution in [1.82, 2.24) is 20.5 Å². The third-order valence-corrected chi connectivity index (χ3v) is 3.16. The van der Waals surface area contributed by atoms with Crippen LogP contribution in [0, 0.1) is 0 Å². The third-order valence-electron chi connectivity index (χ3n) is 2.73. The van der Waals surface area contributed by atoms with E-state index in [0.29, 0.717) is 12.2 Å². The van der Waals surface area contributed by atoms with E-state index in [1.54, 1.807) is 6.20 Å². The van der Waals surface area contributed by atoms with E-state index in [-0.39, 0.29) is 6.09 Å².